The zero-order valence-electron chi connectivity index (χ0n) is 8.42. The second kappa shape index (κ2) is 3.73. The van der Waals surface area contributed by atoms with E-state index < -0.39 is 0 Å². The molecule has 0 aliphatic heterocycles. The zero-order valence-corrected chi connectivity index (χ0v) is 8.42. The lowest BCUT2D eigenvalue weighted by Gasteiger charge is -2.25. The van der Waals surface area contributed by atoms with Crippen molar-refractivity contribution in [2.24, 2.45) is 0 Å². The lowest BCUT2D eigenvalue weighted by molar-refractivity contribution is 0.424. The van der Waals surface area contributed by atoms with E-state index in [2.05, 4.69) is 30.7 Å². The molecule has 0 aromatic carbocycles. The molecule has 1 aromatic heterocycles. The maximum Gasteiger partial charge on any atom is 0.266 e. The summed E-state index contributed by atoms with van der Waals surface area (Å²) in [5.41, 5.74) is 0.917. The summed E-state index contributed by atoms with van der Waals surface area (Å²) >= 11 is 0. The molecule has 1 aromatic rings. The highest BCUT2D eigenvalue weighted by Gasteiger charge is 2.23. The Hall–Kier alpha value is -1.12. The van der Waals surface area contributed by atoms with Gasteiger partial charge in [0.25, 0.3) is 5.56 Å². The van der Waals surface area contributed by atoms with Crippen LogP contribution in [0.2, 0.25) is 0 Å². The van der Waals surface area contributed by atoms with Crippen molar-refractivity contribution in [2.45, 2.75) is 39.0 Å². The van der Waals surface area contributed by atoms with E-state index in [4.69, 9.17) is 0 Å². The lowest BCUT2D eigenvalue weighted by Crippen LogP contribution is -2.23. The molecule has 0 aliphatic rings. The van der Waals surface area contributed by atoms with Crippen LogP contribution in [0.4, 0.5) is 0 Å². The Kier molecular flexibility index (Phi) is 2.86. The van der Waals surface area contributed by atoms with E-state index in [0.29, 0.717) is 0 Å². The fourth-order valence-electron chi connectivity index (χ4n) is 1.28. The number of hydrogen-bond donors (Lipinski definition) is 1. The molecular weight excluding hydrogens is 164 g/mol. The van der Waals surface area contributed by atoms with Gasteiger partial charge in [0.05, 0.1) is 11.9 Å². The molecule has 1 rings (SSSR count). The topological polar surface area (TPSA) is 45.8 Å². The zero-order chi connectivity index (χ0) is 9.90. The van der Waals surface area contributed by atoms with Crippen molar-refractivity contribution < 1.29 is 0 Å². The quantitative estimate of drug-likeness (QED) is 0.771. The molecule has 0 unspecified atom stereocenters. The van der Waals surface area contributed by atoms with Crippen molar-refractivity contribution in [2.75, 3.05) is 0 Å². The number of nitrogens with zero attached hydrogens (tertiary/aromatic N) is 1. The normalized spacial score (nSPS) is 11.6. The van der Waals surface area contributed by atoms with Crippen LogP contribution in [0.5, 0.6) is 0 Å². The molecular formula is C10H16N2O. The molecule has 3 heteroatoms. The third-order valence-corrected chi connectivity index (χ3v) is 2.85. The molecule has 0 bridgehead atoms. The van der Waals surface area contributed by atoms with Gasteiger partial charge in [0.15, 0.2) is 0 Å². The first-order valence-electron chi connectivity index (χ1n) is 4.67. The molecule has 0 radical (unpaired) electrons. The van der Waals surface area contributed by atoms with Gasteiger partial charge in [-0.05, 0) is 12.8 Å². The highest BCUT2D eigenvalue weighted by Crippen LogP contribution is 2.27. The second-order valence-corrected chi connectivity index (χ2v) is 3.56. The van der Waals surface area contributed by atoms with Gasteiger partial charge in [0.1, 0.15) is 0 Å². The van der Waals surface area contributed by atoms with E-state index in [-0.39, 0.29) is 11.0 Å². The van der Waals surface area contributed by atoms with Crippen molar-refractivity contribution in [3.8, 4) is 0 Å². The van der Waals surface area contributed by atoms with Gasteiger partial charge in [-0.25, -0.2) is 0 Å². The van der Waals surface area contributed by atoms with E-state index in [0.717, 1.165) is 18.5 Å². The number of rotatable bonds is 3. The molecule has 0 fully saturated rings. The van der Waals surface area contributed by atoms with Gasteiger partial charge in [-0.3, -0.25) is 9.78 Å². The Balaban J connectivity index is 3.06. The lowest BCUT2D eigenvalue weighted by atomic mass is 9.82. The van der Waals surface area contributed by atoms with Crippen LogP contribution in [0.25, 0.3) is 0 Å². The predicted molar refractivity (Wildman–Crippen MR) is 52.8 cm³/mol. The van der Waals surface area contributed by atoms with E-state index in [1.54, 1.807) is 6.20 Å². The van der Waals surface area contributed by atoms with Crippen LogP contribution in [0.15, 0.2) is 17.2 Å². The molecule has 1 N–H and O–H groups in total. The van der Waals surface area contributed by atoms with Gasteiger partial charge in [-0.2, -0.15) is 0 Å². The average Bonchev–Trinajstić information content (AvgIpc) is 2.18. The Morgan fingerprint density at radius 2 is 2.08 bits per heavy atom. The Morgan fingerprint density at radius 1 is 1.46 bits per heavy atom. The van der Waals surface area contributed by atoms with Gasteiger partial charge in [0, 0.05) is 11.6 Å². The smallest absolute Gasteiger partial charge is 0.266 e. The summed E-state index contributed by atoms with van der Waals surface area (Å²) in [5.74, 6) is 0. The predicted octanol–water partition coefficient (Wildman–Crippen LogP) is 1.85. The highest BCUT2D eigenvalue weighted by atomic mass is 16.1. The van der Waals surface area contributed by atoms with Crippen LogP contribution < -0.4 is 5.56 Å². The van der Waals surface area contributed by atoms with Crippen LogP contribution in [-0.2, 0) is 5.41 Å². The number of hydrogen-bond acceptors (Lipinski definition) is 2. The van der Waals surface area contributed by atoms with Gasteiger partial charge < -0.3 is 4.98 Å². The molecule has 1 heterocycles. The third-order valence-electron chi connectivity index (χ3n) is 2.85. The maximum atomic E-state index is 10.8. The van der Waals surface area contributed by atoms with Crippen molar-refractivity contribution in [3.05, 3.63) is 28.4 Å². The largest absolute Gasteiger partial charge is 0.326 e. The maximum absolute atomic E-state index is 10.8. The molecule has 72 valence electrons. The molecule has 0 spiro atoms. The SMILES string of the molecule is CCC(C)(CC)c1c[nH]c(=O)cn1. The number of aromatic amines is 1. The minimum absolute atomic E-state index is 0.0875. The summed E-state index contributed by atoms with van der Waals surface area (Å²) < 4.78 is 0. The molecule has 13 heavy (non-hydrogen) atoms. The van der Waals surface area contributed by atoms with Gasteiger partial charge in [-0.1, -0.05) is 20.8 Å². The minimum atomic E-state index is -0.140. The summed E-state index contributed by atoms with van der Waals surface area (Å²) in [5, 5.41) is 0. The van der Waals surface area contributed by atoms with Gasteiger partial charge >= 0.3 is 0 Å². The summed E-state index contributed by atoms with van der Waals surface area (Å²) in [6.45, 7) is 6.43. The molecule has 3 nitrogen and oxygen atoms in total. The second-order valence-electron chi connectivity index (χ2n) is 3.56. The summed E-state index contributed by atoms with van der Waals surface area (Å²) in [4.78, 5) is 17.6. The molecule has 0 atom stereocenters. The van der Waals surface area contributed by atoms with E-state index in [9.17, 15) is 4.79 Å². The van der Waals surface area contributed by atoms with Gasteiger partial charge in [0.2, 0.25) is 0 Å². The van der Waals surface area contributed by atoms with Crippen molar-refractivity contribution in [1.29, 1.82) is 0 Å². The summed E-state index contributed by atoms with van der Waals surface area (Å²) in [6.07, 6.45) is 5.12. The van der Waals surface area contributed by atoms with Crippen LogP contribution >= 0.6 is 0 Å². The Bertz CT molecular complexity index is 305. The molecule has 0 aliphatic carbocycles. The monoisotopic (exact) mass is 180 g/mol. The first-order valence-corrected chi connectivity index (χ1v) is 4.67. The highest BCUT2D eigenvalue weighted by molar-refractivity contribution is 5.10. The number of H-pyrrole nitrogens is 1. The van der Waals surface area contributed by atoms with Crippen molar-refractivity contribution in [3.63, 3.8) is 0 Å². The fourth-order valence-corrected chi connectivity index (χ4v) is 1.28. The molecule has 0 saturated carbocycles. The molecule has 0 amide bonds. The number of nitrogens with one attached hydrogen (secondary N) is 1. The Morgan fingerprint density at radius 3 is 2.46 bits per heavy atom. The third kappa shape index (κ3) is 1.97. The van der Waals surface area contributed by atoms with Crippen LogP contribution in [0.3, 0.4) is 0 Å². The summed E-state index contributed by atoms with van der Waals surface area (Å²) in [6, 6.07) is 0. The van der Waals surface area contributed by atoms with Crippen molar-refractivity contribution >= 4 is 0 Å². The van der Waals surface area contributed by atoms with E-state index >= 15 is 0 Å². The van der Waals surface area contributed by atoms with Crippen LogP contribution in [0, 0.1) is 0 Å². The van der Waals surface area contributed by atoms with E-state index in [1.165, 1.54) is 6.20 Å². The van der Waals surface area contributed by atoms with Gasteiger partial charge in [-0.15, -0.1) is 0 Å². The van der Waals surface area contributed by atoms with Crippen LogP contribution in [0.1, 0.15) is 39.3 Å². The molecule has 0 saturated heterocycles. The van der Waals surface area contributed by atoms with Crippen molar-refractivity contribution in [1.82, 2.24) is 9.97 Å². The summed E-state index contributed by atoms with van der Waals surface area (Å²) in [7, 11) is 0. The first-order chi connectivity index (χ1) is 6.12. The minimum Gasteiger partial charge on any atom is -0.326 e. The first kappa shape index (κ1) is 9.96. The Labute approximate surface area is 78.2 Å². The fraction of sp³-hybridized carbons (Fsp3) is 0.600. The average molecular weight is 180 g/mol. The van der Waals surface area contributed by atoms with E-state index in [1.807, 2.05) is 0 Å². The number of aromatic nitrogens is 2. The standard InChI is InChI=1S/C10H16N2O/c1-4-10(3,5-2)8-6-12-9(13)7-11-8/h6-7H,4-5H2,1-3H3,(H,12,13). The van der Waals surface area contributed by atoms with Crippen LogP contribution in [-0.4, -0.2) is 9.97 Å².